The summed E-state index contributed by atoms with van der Waals surface area (Å²) in [5.74, 6) is -3.92. The maximum Gasteiger partial charge on any atom is 0.328 e. The third-order valence-corrected chi connectivity index (χ3v) is 5.32. The molecule has 11 heteroatoms. The first-order valence-corrected chi connectivity index (χ1v) is 11.1. The van der Waals surface area contributed by atoms with Gasteiger partial charge < -0.3 is 37.0 Å². The highest BCUT2D eigenvalue weighted by atomic mass is 16.4. The monoisotopic (exact) mass is 480 g/mol. The van der Waals surface area contributed by atoms with E-state index < -0.39 is 54.0 Å². The van der Waals surface area contributed by atoms with Gasteiger partial charge in [0.1, 0.15) is 17.8 Å². The normalized spacial score (nSPS) is 15.7. The Balaban J connectivity index is 3.14. The third kappa shape index (κ3) is 8.64. The van der Waals surface area contributed by atoms with Gasteiger partial charge in [-0.3, -0.25) is 14.4 Å². The number of aromatic hydroxyl groups is 1. The van der Waals surface area contributed by atoms with Gasteiger partial charge >= 0.3 is 5.97 Å². The van der Waals surface area contributed by atoms with Gasteiger partial charge in [-0.15, -0.1) is 0 Å². The molecule has 0 bridgehead atoms. The minimum absolute atomic E-state index is 0.0120. The molecule has 0 aliphatic heterocycles. The Hall–Kier alpha value is -3.18. The summed E-state index contributed by atoms with van der Waals surface area (Å²) in [5, 5.41) is 35.9. The number of aliphatic hydroxyl groups excluding tert-OH is 1. The van der Waals surface area contributed by atoms with Gasteiger partial charge in [0.2, 0.25) is 17.7 Å². The summed E-state index contributed by atoms with van der Waals surface area (Å²) < 4.78 is 0. The Labute approximate surface area is 199 Å². The van der Waals surface area contributed by atoms with Gasteiger partial charge in [0.15, 0.2) is 6.04 Å². The van der Waals surface area contributed by atoms with E-state index in [1.807, 2.05) is 0 Å². The van der Waals surface area contributed by atoms with Crippen LogP contribution in [0.1, 0.15) is 40.2 Å². The van der Waals surface area contributed by atoms with E-state index in [2.05, 4.69) is 16.0 Å². The lowest BCUT2D eigenvalue weighted by Crippen LogP contribution is -2.60. The number of carbonyl (C=O) groups excluding carboxylic acids is 3. The standard InChI is InChI=1S/C23H36N4O7/c1-11(2)17(24)21(31)26-18(12(3)4)22(32)25-16(10-14-6-8-15(29)9-7-14)20(30)27-19(13(5)28)23(33)34/h6-9,11-13,16-19,28-29H,10,24H2,1-5H3,(H,25,32)(H,26,31)(H,27,30)(H,33,34). The zero-order valence-corrected chi connectivity index (χ0v) is 20.1. The van der Waals surface area contributed by atoms with Crippen LogP contribution < -0.4 is 21.7 Å². The van der Waals surface area contributed by atoms with Crippen LogP contribution in [0.2, 0.25) is 0 Å². The van der Waals surface area contributed by atoms with Crippen LogP contribution in [0.25, 0.3) is 0 Å². The number of phenols is 1. The molecule has 0 saturated carbocycles. The van der Waals surface area contributed by atoms with Gasteiger partial charge in [-0.25, -0.2) is 4.79 Å². The molecule has 11 nitrogen and oxygen atoms in total. The Bertz CT molecular complexity index is 855. The second-order valence-corrected chi connectivity index (χ2v) is 9.00. The van der Waals surface area contributed by atoms with E-state index in [9.17, 15) is 34.5 Å². The number of carboxylic acid groups (broad SMARTS) is 1. The van der Waals surface area contributed by atoms with Gasteiger partial charge in [-0.2, -0.15) is 0 Å². The summed E-state index contributed by atoms with van der Waals surface area (Å²) in [6.45, 7) is 8.19. The number of aliphatic carboxylic acids is 1. The lowest BCUT2D eigenvalue weighted by molar-refractivity contribution is -0.145. The minimum Gasteiger partial charge on any atom is -0.508 e. The largest absolute Gasteiger partial charge is 0.508 e. The van der Waals surface area contributed by atoms with E-state index in [0.29, 0.717) is 5.56 Å². The SMILES string of the molecule is CC(C)C(N)C(=O)NC(C(=O)NC(Cc1ccc(O)cc1)C(=O)NC(C(=O)O)C(C)O)C(C)C. The predicted octanol–water partition coefficient (Wildman–Crippen LogP) is -0.506. The Morgan fingerprint density at radius 3 is 1.79 bits per heavy atom. The predicted molar refractivity (Wildman–Crippen MR) is 125 cm³/mol. The van der Waals surface area contributed by atoms with Crippen molar-refractivity contribution in [3.8, 4) is 5.75 Å². The molecule has 0 aromatic heterocycles. The number of amides is 3. The fourth-order valence-electron chi connectivity index (χ4n) is 3.07. The number of hydrogen-bond acceptors (Lipinski definition) is 7. The molecule has 0 saturated heterocycles. The number of nitrogens with two attached hydrogens (primary N) is 1. The molecule has 34 heavy (non-hydrogen) atoms. The maximum absolute atomic E-state index is 13.1. The average Bonchev–Trinajstić information content (AvgIpc) is 2.74. The Morgan fingerprint density at radius 2 is 1.35 bits per heavy atom. The molecule has 5 unspecified atom stereocenters. The first-order chi connectivity index (χ1) is 15.7. The Kier molecular flexibility index (Phi) is 10.9. The van der Waals surface area contributed by atoms with E-state index in [4.69, 9.17) is 5.73 Å². The summed E-state index contributed by atoms with van der Waals surface area (Å²) in [4.78, 5) is 49.8. The fourth-order valence-corrected chi connectivity index (χ4v) is 3.07. The van der Waals surface area contributed by atoms with Crippen molar-refractivity contribution in [2.24, 2.45) is 17.6 Å². The quantitative estimate of drug-likeness (QED) is 0.208. The number of rotatable bonds is 12. The number of aliphatic hydroxyl groups is 1. The molecule has 3 amide bonds. The first kappa shape index (κ1) is 28.9. The summed E-state index contributed by atoms with van der Waals surface area (Å²) in [5.41, 5.74) is 6.45. The molecule has 1 rings (SSSR count). The van der Waals surface area contributed by atoms with Crippen LogP contribution in [0.3, 0.4) is 0 Å². The number of hydrogen-bond donors (Lipinski definition) is 7. The summed E-state index contributed by atoms with van der Waals surface area (Å²) in [7, 11) is 0. The van der Waals surface area contributed by atoms with Crippen molar-refractivity contribution in [3.05, 3.63) is 29.8 Å². The van der Waals surface area contributed by atoms with Gasteiger partial charge in [0, 0.05) is 6.42 Å². The number of benzene rings is 1. The second-order valence-electron chi connectivity index (χ2n) is 9.00. The smallest absolute Gasteiger partial charge is 0.328 e. The number of carbonyl (C=O) groups is 4. The van der Waals surface area contributed by atoms with Gasteiger partial charge in [-0.05, 0) is 36.5 Å². The topological polar surface area (TPSA) is 191 Å². The zero-order chi connectivity index (χ0) is 26.2. The molecule has 1 aromatic rings. The number of nitrogens with one attached hydrogen (secondary N) is 3. The summed E-state index contributed by atoms with van der Waals surface area (Å²) in [6.07, 6.45) is -1.42. The van der Waals surface area contributed by atoms with Crippen LogP contribution in [0.5, 0.6) is 5.75 Å². The highest BCUT2D eigenvalue weighted by Gasteiger charge is 2.33. The van der Waals surface area contributed by atoms with Crippen LogP contribution in [0.15, 0.2) is 24.3 Å². The van der Waals surface area contributed by atoms with Crippen molar-refractivity contribution in [2.75, 3.05) is 0 Å². The van der Waals surface area contributed by atoms with Crippen molar-refractivity contribution in [3.63, 3.8) is 0 Å². The van der Waals surface area contributed by atoms with E-state index >= 15 is 0 Å². The fraction of sp³-hybridized carbons (Fsp3) is 0.565. The summed E-state index contributed by atoms with van der Waals surface area (Å²) in [6, 6.07) is 1.28. The van der Waals surface area contributed by atoms with E-state index in [1.54, 1.807) is 39.8 Å². The van der Waals surface area contributed by atoms with Crippen LogP contribution in [0.4, 0.5) is 0 Å². The highest BCUT2D eigenvalue weighted by molar-refractivity contribution is 5.94. The first-order valence-electron chi connectivity index (χ1n) is 11.1. The molecule has 0 aliphatic rings. The zero-order valence-electron chi connectivity index (χ0n) is 20.1. The average molecular weight is 481 g/mol. The molecule has 190 valence electrons. The highest BCUT2D eigenvalue weighted by Crippen LogP contribution is 2.13. The molecule has 0 radical (unpaired) electrons. The van der Waals surface area contributed by atoms with Crippen molar-refractivity contribution in [2.45, 2.75) is 71.3 Å². The van der Waals surface area contributed by atoms with E-state index in [1.165, 1.54) is 19.1 Å². The molecule has 5 atom stereocenters. The molecule has 0 heterocycles. The van der Waals surface area contributed by atoms with Gasteiger partial charge in [0.05, 0.1) is 12.1 Å². The van der Waals surface area contributed by atoms with Gasteiger partial charge in [0.25, 0.3) is 0 Å². The maximum atomic E-state index is 13.1. The van der Waals surface area contributed by atoms with Crippen LogP contribution >= 0.6 is 0 Å². The summed E-state index contributed by atoms with van der Waals surface area (Å²) >= 11 is 0. The van der Waals surface area contributed by atoms with Gasteiger partial charge in [-0.1, -0.05) is 39.8 Å². The molecule has 8 N–H and O–H groups in total. The van der Waals surface area contributed by atoms with Crippen molar-refractivity contribution in [1.29, 1.82) is 0 Å². The number of carboxylic acids is 1. The van der Waals surface area contributed by atoms with E-state index in [0.717, 1.165) is 0 Å². The molecule has 0 fully saturated rings. The minimum atomic E-state index is -1.59. The molecular weight excluding hydrogens is 444 g/mol. The van der Waals surface area contributed by atoms with Crippen LogP contribution in [-0.4, -0.2) is 69.3 Å². The Morgan fingerprint density at radius 1 is 0.824 bits per heavy atom. The molecular formula is C23H36N4O7. The van der Waals surface area contributed by atoms with E-state index in [-0.39, 0.29) is 24.0 Å². The molecule has 0 aliphatic carbocycles. The number of phenolic OH excluding ortho intramolecular Hbond substituents is 1. The lowest BCUT2D eigenvalue weighted by Gasteiger charge is -2.28. The van der Waals surface area contributed by atoms with Crippen molar-refractivity contribution >= 4 is 23.7 Å². The van der Waals surface area contributed by atoms with Crippen molar-refractivity contribution in [1.82, 2.24) is 16.0 Å². The van der Waals surface area contributed by atoms with Crippen molar-refractivity contribution < 1.29 is 34.5 Å². The van der Waals surface area contributed by atoms with Crippen LogP contribution in [-0.2, 0) is 25.6 Å². The molecule has 0 spiro atoms. The van der Waals surface area contributed by atoms with Crippen LogP contribution in [0, 0.1) is 11.8 Å². The third-order valence-electron chi connectivity index (χ3n) is 5.32. The lowest BCUT2D eigenvalue weighted by atomic mass is 9.99. The molecule has 1 aromatic carbocycles. The second kappa shape index (κ2) is 12.9.